The fraction of sp³-hybridized carbons (Fsp3) is 0.333. The van der Waals surface area contributed by atoms with E-state index in [-0.39, 0.29) is 0 Å². The van der Waals surface area contributed by atoms with Gasteiger partial charge in [-0.05, 0) is 28.7 Å². The van der Waals surface area contributed by atoms with E-state index in [0.717, 1.165) is 16.1 Å². The second-order valence-electron chi connectivity index (χ2n) is 5.56. The van der Waals surface area contributed by atoms with Gasteiger partial charge in [-0.25, -0.2) is 0 Å². The third kappa shape index (κ3) is 4.57. The van der Waals surface area contributed by atoms with Gasteiger partial charge in [0.2, 0.25) is 0 Å². The molecule has 1 atom stereocenters. The lowest BCUT2D eigenvalue weighted by molar-refractivity contribution is 0.174. The summed E-state index contributed by atoms with van der Waals surface area (Å²) in [5.41, 5.74) is 3.27. The highest BCUT2D eigenvalue weighted by Crippen LogP contribution is 2.19. The molecule has 2 aromatic rings. The molecule has 0 radical (unpaired) electrons. The first-order chi connectivity index (χ1) is 10.1. The minimum atomic E-state index is -0.506. The lowest BCUT2D eigenvalue weighted by atomic mass is 10.00. The number of aliphatic hydroxyl groups is 1. The van der Waals surface area contributed by atoms with E-state index in [2.05, 4.69) is 31.3 Å². The van der Waals surface area contributed by atoms with E-state index in [0.29, 0.717) is 19.0 Å². The van der Waals surface area contributed by atoms with Crippen LogP contribution in [0.2, 0.25) is 5.02 Å². The normalized spacial score (nSPS) is 12.6. The van der Waals surface area contributed by atoms with Crippen LogP contribution in [0.1, 0.15) is 42.6 Å². The van der Waals surface area contributed by atoms with Crippen molar-refractivity contribution >= 4 is 11.6 Å². The predicted molar refractivity (Wildman–Crippen MR) is 88.6 cm³/mol. The summed E-state index contributed by atoms with van der Waals surface area (Å²) in [5, 5.41) is 14.2. The molecular formula is C18H22ClNO. The fourth-order valence-electron chi connectivity index (χ4n) is 2.21. The van der Waals surface area contributed by atoms with E-state index >= 15 is 0 Å². The molecule has 3 heteroatoms. The van der Waals surface area contributed by atoms with Crippen LogP contribution in [0.3, 0.4) is 0 Å². The smallest absolute Gasteiger partial charge is 0.0914 e. The Morgan fingerprint density at radius 3 is 2.24 bits per heavy atom. The molecular weight excluding hydrogens is 282 g/mol. The Labute approximate surface area is 131 Å². The third-order valence-electron chi connectivity index (χ3n) is 3.60. The van der Waals surface area contributed by atoms with E-state index in [1.165, 1.54) is 5.56 Å². The summed E-state index contributed by atoms with van der Waals surface area (Å²) < 4.78 is 0. The van der Waals surface area contributed by atoms with E-state index in [9.17, 15) is 5.11 Å². The van der Waals surface area contributed by atoms with Crippen molar-refractivity contribution in [3.05, 3.63) is 70.2 Å². The lowest BCUT2D eigenvalue weighted by Gasteiger charge is -2.14. The van der Waals surface area contributed by atoms with Crippen molar-refractivity contribution in [3.8, 4) is 0 Å². The Morgan fingerprint density at radius 2 is 1.62 bits per heavy atom. The first-order valence-electron chi connectivity index (χ1n) is 7.30. The van der Waals surface area contributed by atoms with Gasteiger partial charge in [0.1, 0.15) is 0 Å². The molecule has 0 aliphatic rings. The van der Waals surface area contributed by atoms with Gasteiger partial charge in [0.05, 0.1) is 6.10 Å². The molecule has 0 bridgehead atoms. The van der Waals surface area contributed by atoms with Crippen molar-refractivity contribution in [2.24, 2.45) is 0 Å². The van der Waals surface area contributed by atoms with E-state index < -0.39 is 6.10 Å². The average Bonchev–Trinajstić information content (AvgIpc) is 2.49. The molecule has 21 heavy (non-hydrogen) atoms. The lowest BCUT2D eigenvalue weighted by Crippen LogP contribution is -2.21. The second-order valence-corrected chi connectivity index (χ2v) is 5.97. The molecule has 2 nitrogen and oxygen atoms in total. The number of aliphatic hydroxyl groups excluding tert-OH is 1. The highest BCUT2D eigenvalue weighted by Gasteiger charge is 2.08. The Balaban J connectivity index is 1.87. The largest absolute Gasteiger partial charge is 0.387 e. The van der Waals surface area contributed by atoms with Gasteiger partial charge in [-0.2, -0.15) is 0 Å². The van der Waals surface area contributed by atoms with Crippen LogP contribution in [0, 0.1) is 0 Å². The summed E-state index contributed by atoms with van der Waals surface area (Å²) >= 11 is 6.10. The van der Waals surface area contributed by atoms with E-state index in [1.807, 2.05) is 36.4 Å². The molecule has 2 rings (SSSR count). The van der Waals surface area contributed by atoms with Crippen LogP contribution in [-0.4, -0.2) is 11.7 Å². The van der Waals surface area contributed by atoms with Crippen molar-refractivity contribution in [1.82, 2.24) is 5.32 Å². The standard InChI is InChI=1S/C18H22ClNO/c1-13(2)14-7-9-15(10-8-14)18(21)12-20-11-16-5-3-4-6-17(16)19/h3-10,13,18,20-21H,11-12H2,1-2H3. The zero-order valence-electron chi connectivity index (χ0n) is 12.5. The molecule has 2 aromatic carbocycles. The Bertz CT molecular complexity index is 566. The first kappa shape index (κ1) is 16.0. The summed E-state index contributed by atoms with van der Waals surface area (Å²) in [6.07, 6.45) is -0.506. The summed E-state index contributed by atoms with van der Waals surface area (Å²) in [6, 6.07) is 15.9. The highest BCUT2D eigenvalue weighted by molar-refractivity contribution is 6.31. The predicted octanol–water partition coefficient (Wildman–Crippen LogP) is 4.29. The molecule has 0 aliphatic heterocycles. The number of rotatable bonds is 6. The first-order valence-corrected chi connectivity index (χ1v) is 7.67. The average molecular weight is 304 g/mol. The van der Waals surface area contributed by atoms with Gasteiger partial charge in [0.15, 0.2) is 0 Å². The SMILES string of the molecule is CC(C)c1ccc(C(O)CNCc2ccccc2Cl)cc1. The van der Waals surface area contributed by atoms with Gasteiger partial charge >= 0.3 is 0 Å². The van der Waals surface area contributed by atoms with Crippen LogP contribution in [0.5, 0.6) is 0 Å². The molecule has 0 aromatic heterocycles. The molecule has 0 heterocycles. The van der Waals surface area contributed by atoms with Crippen LogP contribution >= 0.6 is 11.6 Å². The zero-order chi connectivity index (χ0) is 15.2. The summed E-state index contributed by atoms with van der Waals surface area (Å²) in [6.45, 7) is 5.49. The quantitative estimate of drug-likeness (QED) is 0.834. The number of hydrogen-bond acceptors (Lipinski definition) is 2. The number of nitrogens with one attached hydrogen (secondary N) is 1. The van der Waals surface area contributed by atoms with Crippen LogP contribution in [-0.2, 0) is 6.54 Å². The zero-order valence-corrected chi connectivity index (χ0v) is 13.3. The van der Waals surface area contributed by atoms with Crippen LogP contribution < -0.4 is 5.32 Å². The highest BCUT2D eigenvalue weighted by atomic mass is 35.5. The molecule has 0 fully saturated rings. The maximum absolute atomic E-state index is 10.2. The van der Waals surface area contributed by atoms with Crippen molar-refractivity contribution in [2.75, 3.05) is 6.54 Å². The maximum atomic E-state index is 10.2. The van der Waals surface area contributed by atoms with E-state index in [4.69, 9.17) is 11.6 Å². The monoisotopic (exact) mass is 303 g/mol. The molecule has 0 saturated carbocycles. The summed E-state index contributed by atoms with van der Waals surface area (Å²) in [4.78, 5) is 0. The Hall–Kier alpha value is -1.35. The Kier molecular flexibility index (Phi) is 5.80. The van der Waals surface area contributed by atoms with Gasteiger partial charge in [-0.1, -0.05) is 67.9 Å². The minimum Gasteiger partial charge on any atom is -0.387 e. The van der Waals surface area contributed by atoms with Gasteiger partial charge in [-0.15, -0.1) is 0 Å². The molecule has 0 amide bonds. The number of halogens is 1. The van der Waals surface area contributed by atoms with E-state index in [1.54, 1.807) is 0 Å². The minimum absolute atomic E-state index is 0.506. The Morgan fingerprint density at radius 1 is 1.00 bits per heavy atom. The molecule has 1 unspecified atom stereocenters. The third-order valence-corrected chi connectivity index (χ3v) is 3.97. The van der Waals surface area contributed by atoms with Crippen LogP contribution in [0.4, 0.5) is 0 Å². The number of benzene rings is 2. The molecule has 0 saturated heterocycles. The van der Waals surface area contributed by atoms with Crippen molar-refractivity contribution in [3.63, 3.8) is 0 Å². The van der Waals surface area contributed by atoms with Crippen molar-refractivity contribution < 1.29 is 5.11 Å². The van der Waals surface area contributed by atoms with Crippen molar-refractivity contribution in [2.45, 2.75) is 32.4 Å². The van der Waals surface area contributed by atoms with Crippen LogP contribution in [0.15, 0.2) is 48.5 Å². The number of hydrogen-bond donors (Lipinski definition) is 2. The summed E-state index contributed by atoms with van der Waals surface area (Å²) in [7, 11) is 0. The molecule has 0 spiro atoms. The van der Waals surface area contributed by atoms with Crippen LogP contribution in [0.25, 0.3) is 0 Å². The summed E-state index contributed by atoms with van der Waals surface area (Å²) in [5.74, 6) is 0.509. The topological polar surface area (TPSA) is 32.3 Å². The van der Waals surface area contributed by atoms with Gasteiger partial charge in [0, 0.05) is 18.1 Å². The fourth-order valence-corrected chi connectivity index (χ4v) is 2.41. The molecule has 0 aliphatic carbocycles. The van der Waals surface area contributed by atoms with Gasteiger partial charge < -0.3 is 10.4 Å². The molecule has 112 valence electrons. The second kappa shape index (κ2) is 7.60. The molecule has 2 N–H and O–H groups in total. The van der Waals surface area contributed by atoms with Gasteiger partial charge in [0.25, 0.3) is 0 Å². The van der Waals surface area contributed by atoms with Gasteiger partial charge in [-0.3, -0.25) is 0 Å². The maximum Gasteiger partial charge on any atom is 0.0914 e. The van der Waals surface area contributed by atoms with Crippen molar-refractivity contribution in [1.29, 1.82) is 0 Å².